The maximum atomic E-state index is 10.5. The van der Waals surface area contributed by atoms with Gasteiger partial charge >= 0.3 is 6.01 Å². The monoisotopic (exact) mass is 559 g/mol. The molecule has 1 unspecified atom stereocenters. The number of aromatic hydroxyl groups is 1. The van der Waals surface area contributed by atoms with Gasteiger partial charge in [-0.25, -0.2) is 0 Å². The van der Waals surface area contributed by atoms with E-state index < -0.39 is 6.23 Å². The van der Waals surface area contributed by atoms with Crippen LogP contribution in [0.25, 0.3) is 10.8 Å². The van der Waals surface area contributed by atoms with Gasteiger partial charge in [-0.1, -0.05) is 30.8 Å². The number of piperazine rings is 1. The highest BCUT2D eigenvalue weighted by Gasteiger charge is 2.35. The molecule has 2 aromatic carbocycles. The van der Waals surface area contributed by atoms with Crippen molar-refractivity contribution in [3.63, 3.8) is 0 Å². The Morgan fingerprint density at radius 1 is 1.12 bits per heavy atom. The number of likely N-dealkylation sites (tertiary alicyclic amines) is 1. The van der Waals surface area contributed by atoms with Crippen molar-refractivity contribution in [2.75, 3.05) is 51.3 Å². The van der Waals surface area contributed by atoms with Crippen molar-refractivity contribution in [1.29, 1.82) is 0 Å². The third-order valence-corrected chi connectivity index (χ3v) is 9.21. The van der Waals surface area contributed by atoms with E-state index in [1.807, 2.05) is 35.2 Å². The Morgan fingerprint density at radius 2 is 1.98 bits per heavy atom. The normalized spacial score (nSPS) is 24.4. The van der Waals surface area contributed by atoms with Gasteiger partial charge in [-0.15, -0.1) is 0 Å². The highest BCUT2D eigenvalue weighted by atomic mass is 16.5. The quantitative estimate of drug-likeness (QED) is 0.359. The SMILES string of the molecule is C=CC(O)N1CCN(c2nc(OC[C@@H]3CCCN3C)nc3c2CC[C@H](c2cc(O)cc4ccccc24)C3)[C@@H](CO)C1. The zero-order valence-electron chi connectivity index (χ0n) is 23.8. The number of phenolic OH excluding ortho intramolecular Hbond substituents is 1. The number of anilines is 1. The van der Waals surface area contributed by atoms with Crippen LogP contribution in [0.3, 0.4) is 0 Å². The molecule has 2 fully saturated rings. The van der Waals surface area contributed by atoms with E-state index in [1.54, 1.807) is 0 Å². The minimum atomic E-state index is -0.745. The number of ether oxygens (including phenoxy) is 1. The number of phenols is 1. The average Bonchev–Trinajstić information content (AvgIpc) is 3.42. The van der Waals surface area contributed by atoms with Crippen molar-refractivity contribution in [1.82, 2.24) is 19.8 Å². The first-order valence-electron chi connectivity index (χ1n) is 14.8. The summed E-state index contributed by atoms with van der Waals surface area (Å²) >= 11 is 0. The first-order valence-corrected chi connectivity index (χ1v) is 14.8. The summed E-state index contributed by atoms with van der Waals surface area (Å²) in [7, 11) is 2.13. The lowest BCUT2D eigenvalue weighted by Gasteiger charge is -2.43. The first kappa shape index (κ1) is 27.9. The zero-order chi connectivity index (χ0) is 28.5. The Labute approximate surface area is 241 Å². The summed E-state index contributed by atoms with van der Waals surface area (Å²) in [5.74, 6) is 1.31. The van der Waals surface area contributed by atoms with Gasteiger partial charge < -0.3 is 29.9 Å². The number of aliphatic hydroxyl groups excluding tert-OH is 2. The smallest absolute Gasteiger partial charge is 0.318 e. The molecular formula is C32H41N5O4. The van der Waals surface area contributed by atoms with Gasteiger partial charge in [0.05, 0.1) is 18.3 Å². The molecule has 218 valence electrons. The Kier molecular flexibility index (Phi) is 8.12. The van der Waals surface area contributed by atoms with Crippen LogP contribution in [0.1, 0.15) is 42.0 Å². The van der Waals surface area contributed by atoms with Crippen LogP contribution in [-0.4, -0.2) is 99.8 Å². The number of aliphatic hydroxyl groups is 2. The van der Waals surface area contributed by atoms with E-state index >= 15 is 0 Å². The lowest BCUT2D eigenvalue weighted by atomic mass is 9.80. The van der Waals surface area contributed by atoms with Gasteiger partial charge in [0.25, 0.3) is 0 Å². The van der Waals surface area contributed by atoms with E-state index in [0.29, 0.717) is 38.3 Å². The second kappa shape index (κ2) is 11.9. The third kappa shape index (κ3) is 5.64. The molecule has 0 spiro atoms. The van der Waals surface area contributed by atoms with Crippen LogP contribution < -0.4 is 9.64 Å². The van der Waals surface area contributed by atoms with Gasteiger partial charge in [0.2, 0.25) is 0 Å². The molecule has 3 aromatic rings. The van der Waals surface area contributed by atoms with E-state index in [1.165, 1.54) is 12.5 Å². The molecule has 3 N–H and O–H groups in total. The minimum Gasteiger partial charge on any atom is -0.508 e. The lowest BCUT2D eigenvalue weighted by molar-refractivity contribution is 0.0214. The Morgan fingerprint density at radius 3 is 2.76 bits per heavy atom. The molecule has 0 bridgehead atoms. The third-order valence-electron chi connectivity index (χ3n) is 9.21. The average molecular weight is 560 g/mol. The predicted octanol–water partition coefficient (Wildman–Crippen LogP) is 3.07. The molecule has 0 amide bonds. The van der Waals surface area contributed by atoms with Gasteiger partial charge in [0, 0.05) is 31.2 Å². The maximum absolute atomic E-state index is 10.5. The fourth-order valence-corrected chi connectivity index (χ4v) is 6.87. The van der Waals surface area contributed by atoms with Crippen LogP contribution >= 0.6 is 0 Å². The van der Waals surface area contributed by atoms with E-state index in [-0.39, 0.29) is 24.3 Å². The Hall–Kier alpha value is -3.24. The summed E-state index contributed by atoms with van der Waals surface area (Å²) in [6, 6.07) is 12.4. The fourth-order valence-electron chi connectivity index (χ4n) is 6.87. The van der Waals surface area contributed by atoms with Crippen molar-refractivity contribution in [3.05, 3.63) is 65.9 Å². The highest BCUT2D eigenvalue weighted by Crippen LogP contribution is 2.41. The van der Waals surface area contributed by atoms with E-state index in [9.17, 15) is 15.3 Å². The van der Waals surface area contributed by atoms with E-state index in [2.05, 4.69) is 29.5 Å². The number of aromatic nitrogens is 2. The van der Waals surface area contributed by atoms with Crippen molar-refractivity contribution in [2.45, 2.75) is 56.3 Å². The van der Waals surface area contributed by atoms with Crippen LogP contribution in [0.4, 0.5) is 5.82 Å². The Bertz CT molecular complexity index is 1400. The summed E-state index contributed by atoms with van der Waals surface area (Å²) in [6.45, 7) is 7.03. The summed E-state index contributed by atoms with van der Waals surface area (Å²) in [4.78, 5) is 16.4. The molecule has 0 saturated carbocycles. The molecule has 2 aliphatic heterocycles. The predicted molar refractivity (Wildman–Crippen MR) is 160 cm³/mol. The van der Waals surface area contributed by atoms with Crippen LogP contribution in [0.5, 0.6) is 11.8 Å². The van der Waals surface area contributed by atoms with Crippen molar-refractivity contribution < 1.29 is 20.1 Å². The summed E-state index contributed by atoms with van der Waals surface area (Å²) < 4.78 is 6.28. The van der Waals surface area contributed by atoms with Crippen molar-refractivity contribution >= 4 is 16.6 Å². The van der Waals surface area contributed by atoms with Crippen LogP contribution in [0.2, 0.25) is 0 Å². The number of rotatable bonds is 8. The van der Waals surface area contributed by atoms with Crippen molar-refractivity contribution in [2.24, 2.45) is 0 Å². The second-order valence-electron chi connectivity index (χ2n) is 11.7. The van der Waals surface area contributed by atoms with Gasteiger partial charge in [-0.3, -0.25) is 4.90 Å². The molecular weight excluding hydrogens is 518 g/mol. The minimum absolute atomic E-state index is 0.0555. The molecule has 41 heavy (non-hydrogen) atoms. The van der Waals surface area contributed by atoms with E-state index in [0.717, 1.165) is 65.6 Å². The molecule has 1 aromatic heterocycles. The number of likely N-dealkylation sites (N-methyl/N-ethyl adjacent to an activating group) is 1. The van der Waals surface area contributed by atoms with Gasteiger partial charge in [0.15, 0.2) is 0 Å². The summed E-state index contributed by atoms with van der Waals surface area (Å²) in [5.41, 5.74) is 3.22. The van der Waals surface area contributed by atoms with Crippen LogP contribution in [0.15, 0.2) is 49.1 Å². The first-order chi connectivity index (χ1) is 19.9. The number of hydrogen-bond acceptors (Lipinski definition) is 9. The van der Waals surface area contributed by atoms with Crippen molar-refractivity contribution in [3.8, 4) is 11.8 Å². The molecule has 6 rings (SSSR count). The molecule has 4 atom stereocenters. The molecule has 1 aliphatic carbocycles. The number of benzene rings is 2. The molecule has 3 aliphatic rings. The molecule has 9 nitrogen and oxygen atoms in total. The lowest BCUT2D eigenvalue weighted by Crippen LogP contribution is -2.57. The summed E-state index contributed by atoms with van der Waals surface area (Å²) in [5, 5.41) is 33.4. The molecule has 9 heteroatoms. The molecule has 3 heterocycles. The molecule has 2 saturated heterocycles. The zero-order valence-corrected chi connectivity index (χ0v) is 23.8. The largest absolute Gasteiger partial charge is 0.508 e. The van der Waals surface area contributed by atoms with Gasteiger partial charge in [0.1, 0.15) is 24.4 Å². The topological polar surface area (TPSA) is 105 Å². The standard InChI is InChI=1S/C32H41N5O4/c1-3-30(40)36-13-14-37(24(18-36)19-38)31-27-11-10-22(28-17-25(39)15-21-7-4-5-9-26(21)28)16-29(27)33-32(34-31)41-20-23-8-6-12-35(23)2/h3-5,7,9,15,17,22-24,30,38-40H,1,6,8,10-14,16,18-20H2,2H3/t22-,23-,24+,30?/m0/s1. The van der Waals surface area contributed by atoms with Gasteiger partial charge in [-0.05, 0) is 86.2 Å². The van der Waals surface area contributed by atoms with E-state index in [4.69, 9.17) is 14.7 Å². The highest BCUT2D eigenvalue weighted by molar-refractivity contribution is 5.87. The number of fused-ring (bicyclic) bond motifs is 2. The maximum Gasteiger partial charge on any atom is 0.318 e. The summed E-state index contributed by atoms with van der Waals surface area (Å²) in [6.07, 6.45) is 5.46. The van der Waals surface area contributed by atoms with Crippen LogP contribution in [-0.2, 0) is 12.8 Å². The second-order valence-corrected chi connectivity index (χ2v) is 11.7. The molecule has 0 radical (unpaired) electrons. The Balaban J connectivity index is 1.34. The van der Waals surface area contributed by atoms with Crippen LogP contribution in [0, 0.1) is 0 Å². The number of nitrogens with zero attached hydrogens (tertiary/aromatic N) is 5. The fraction of sp³-hybridized carbons (Fsp3) is 0.500. The van der Waals surface area contributed by atoms with Gasteiger partial charge in [-0.2, -0.15) is 9.97 Å². The number of hydrogen-bond donors (Lipinski definition) is 3.